The van der Waals surface area contributed by atoms with E-state index in [-0.39, 0.29) is 18.1 Å². The molecule has 0 bridgehead atoms. The maximum atomic E-state index is 11.7. The van der Waals surface area contributed by atoms with E-state index in [0.29, 0.717) is 6.61 Å². The van der Waals surface area contributed by atoms with E-state index in [0.717, 1.165) is 25.2 Å². The summed E-state index contributed by atoms with van der Waals surface area (Å²) in [4.78, 5) is 11.7. The molecular weight excluding hydrogens is 254 g/mol. The van der Waals surface area contributed by atoms with E-state index in [1.807, 2.05) is 19.9 Å². The first kappa shape index (κ1) is 14.9. The predicted octanol–water partition coefficient (Wildman–Crippen LogP) is 2.61. The quantitative estimate of drug-likeness (QED) is 0.812. The van der Waals surface area contributed by atoms with Crippen molar-refractivity contribution in [3.8, 4) is 5.75 Å². The Morgan fingerprint density at radius 3 is 2.95 bits per heavy atom. The molecule has 2 unspecified atom stereocenters. The number of ether oxygens (including phenoxy) is 2. The molecule has 4 heteroatoms. The number of hydrogen-bond donors (Lipinski definition) is 1. The molecular formula is C16H23NO3. The van der Waals surface area contributed by atoms with Gasteiger partial charge in [-0.2, -0.15) is 0 Å². The average molecular weight is 277 g/mol. The van der Waals surface area contributed by atoms with Gasteiger partial charge in [-0.05, 0) is 37.5 Å². The molecule has 20 heavy (non-hydrogen) atoms. The zero-order chi connectivity index (χ0) is 14.5. The molecule has 1 aliphatic rings. The van der Waals surface area contributed by atoms with Gasteiger partial charge in [-0.15, -0.1) is 0 Å². The van der Waals surface area contributed by atoms with Crippen molar-refractivity contribution in [2.24, 2.45) is 0 Å². The highest BCUT2D eigenvalue weighted by molar-refractivity contribution is 5.75. The van der Waals surface area contributed by atoms with Crippen molar-refractivity contribution in [1.82, 2.24) is 5.32 Å². The molecule has 0 fully saturated rings. The fourth-order valence-electron chi connectivity index (χ4n) is 2.51. The van der Waals surface area contributed by atoms with Gasteiger partial charge in [0.25, 0.3) is 0 Å². The molecule has 110 valence electrons. The van der Waals surface area contributed by atoms with Gasteiger partial charge in [0.2, 0.25) is 0 Å². The Kier molecular flexibility index (Phi) is 5.01. The van der Waals surface area contributed by atoms with E-state index < -0.39 is 0 Å². The summed E-state index contributed by atoms with van der Waals surface area (Å²) in [6.45, 7) is 6.96. The summed E-state index contributed by atoms with van der Waals surface area (Å²) in [7, 11) is 0. The van der Waals surface area contributed by atoms with Crippen LogP contribution in [0.3, 0.4) is 0 Å². The Bertz CT molecular complexity index is 473. The van der Waals surface area contributed by atoms with Gasteiger partial charge in [0.05, 0.1) is 13.2 Å². The van der Waals surface area contributed by atoms with E-state index in [1.165, 1.54) is 11.1 Å². The van der Waals surface area contributed by atoms with Crippen LogP contribution in [0.4, 0.5) is 0 Å². The maximum absolute atomic E-state index is 11.7. The first-order valence-electron chi connectivity index (χ1n) is 7.34. The van der Waals surface area contributed by atoms with Crippen molar-refractivity contribution >= 4 is 5.97 Å². The second-order valence-corrected chi connectivity index (χ2v) is 5.07. The summed E-state index contributed by atoms with van der Waals surface area (Å²) < 4.78 is 10.6. The second kappa shape index (κ2) is 6.75. The van der Waals surface area contributed by atoms with Gasteiger partial charge in [0.1, 0.15) is 11.8 Å². The van der Waals surface area contributed by atoms with Crippen LogP contribution in [0.2, 0.25) is 0 Å². The summed E-state index contributed by atoms with van der Waals surface area (Å²) in [5.41, 5.74) is 2.46. The van der Waals surface area contributed by atoms with E-state index in [4.69, 9.17) is 9.47 Å². The molecule has 1 aromatic carbocycles. The third-order valence-electron chi connectivity index (χ3n) is 3.62. The predicted molar refractivity (Wildman–Crippen MR) is 77.9 cm³/mol. The van der Waals surface area contributed by atoms with E-state index >= 15 is 0 Å². The SMILES string of the molecule is CCOC(=O)C(C)NC(CC)c1ccc2c(c1)CCO2. The molecule has 0 radical (unpaired) electrons. The van der Waals surface area contributed by atoms with Crippen LogP contribution >= 0.6 is 0 Å². The first-order valence-corrected chi connectivity index (χ1v) is 7.34. The van der Waals surface area contributed by atoms with Crippen molar-refractivity contribution in [3.63, 3.8) is 0 Å². The molecule has 1 heterocycles. The van der Waals surface area contributed by atoms with Crippen LogP contribution in [0.15, 0.2) is 18.2 Å². The molecule has 2 atom stereocenters. The number of fused-ring (bicyclic) bond motifs is 1. The molecule has 0 aromatic heterocycles. The molecule has 0 amide bonds. The lowest BCUT2D eigenvalue weighted by Crippen LogP contribution is -2.37. The molecule has 0 aliphatic carbocycles. The highest BCUT2D eigenvalue weighted by atomic mass is 16.5. The van der Waals surface area contributed by atoms with E-state index in [2.05, 4.69) is 24.4 Å². The van der Waals surface area contributed by atoms with E-state index in [9.17, 15) is 4.79 Å². The smallest absolute Gasteiger partial charge is 0.322 e. The normalized spacial score (nSPS) is 16.1. The number of hydrogen-bond acceptors (Lipinski definition) is 4. The molecule has 0 saturated carbocycles. The van der Waals surface area contributed by atoms with Gasteiger partial charge in [0.15, 0.2) is 0 Å². The van der Waals surface area contributed by atoms with Crippen molar-refractivity contribution in [1.29, 1.82) is 0 Å². The van der Waals surface area contributed by atoms with Crippen LogP contribution in [0.25, 0.3) is 0 Å². The molecule has 1 N–H and O–H groups in total. The lowest BCUT2D eigenvalue weighted by atomic mass is 10.00. The lowest BCUT2D eigenvalue weighted by Gasteiger charge is -2.22. The lowest BCUT2D eigenvalue weighted by molar-refractivity contribution is -0.145. The van der Waals surface area contributed by atoms with Crippen LogP contribution in [-0.2, 0) is 16.0 Å². The number of nitrogens with one attached hydrogen (secondary N) is 1. The number of benzene rings is 1. The van der Waals surface area contributed by atoms with Crippen molar-refractivity contribution < 1.29 is 14.3 Å². The Balaban J connectivity index is 2.06. The molecule has 4 nitrogen and oxygen atoms in total. The van der Waals surface area contributed by atoms with Gasteiger partial charge in [-0.1, -0.05) is 19.1 Å². The van der Waals surface area contributed by atoms with Gasteiger partial charge < -0.3 is 9.47 Å². The first-order chi connectivity index (χ1) is 9.65. The van der Waals surface area contributed by atoms with Crippen LogP contribution in [0, 0.1) is 0 Å². The average Bonchev–Trinajstić information content (AvgIpc) is 2.92. The van der Waals surface area contributed by atoms with Crippen molar-refractivity contribution in [3.05, 3.63) is 29.3 Å². The molecule has 0 spiro atoms. The number of rotatable bonds is 6. The molecule has 1 aliphatic heterocycles. The highest BCUT2D eigenvalue weighted by Crippen LogP contribution is 2.29. The maximum Gasteiger partial charge on any atom is 0.322 e. The zero-order valence-corrected chi connectivity index (χ0v) is 12.4. The Labute approximate surface area is 120 Å². The van der Waals surface area contributed by atoms with Crippen LogP contribution in [0.1, 0.15) is 44.4 Å². The van der Waals surface area contributed by atoms with Crippen LogP contribution in [-0.4, -0.2) is 25.2 Å². The van der Waals surface area contributed by atoms with Crippen molar-refractivity contribution in [2.45, 2.75) is 45.7 Å². The fourth-order valence-corrected chi connectivity index (χ4v) is 2.51. The Morgan fingerprint density at radius 2 is 2.25 bits per heavy atom. The largest absolute Gasteiger partial charge is 0.493 e. The number of esters is 1. The number of carbonyl (C=O) groups excluding carboxylic acids is 1. The summed E-state index contributed by atoms with van der Waals surface area (Å²) in [5, 5.41) is 3.34. The zero-order valence-electron chi connectivity index (χ0n) is 12.4. The summed E-state index contributed by atoms with van der Waals surface area (Å²) >= 11 is 0. The second-order valence-electron chi connectivity index (χ2n) is 5.07. The standard InChI is InChI=1S/C16H23NO3/c1-4-14(17-11(3)16(18)19-5-2)12-6-7-15-13(10-12)8-9-20-15/h6-7,10-11,14,17H,4-5,8-9H2,1-3H3. The topological polar surface area (TPSA) is 47.6 Å². The summed E-state index contributed by atoms with van der Waals surface area (Å²) in [5.74, 6) is 0.789. The van der Waals surface area contributed by atoms with E-state index in [1.54, 1.807) is 0 Å². The van der Waals surface area contributed by atoms with Gasteiger partial charge in [-0.3, -0.25) is 10.1 Å². The summed E-state index contributed by atoms with van der Waals surface area (Å²) in [6.07, 6.45) is 1.89. The Hall–Kier alpha value is -1.55. The van der Waals surface area contributed by atoms with Gasteiger partial charge >= 0.3 is 5.97 Å². The molecule has 0 saturated heterocycles. The van der Waals surface area contributed by atoms with Gasteiger partial charge in [-0.25, -0.2) is 0 Å². The summed E-state index contributed by atoms with van der Waals surface area (Å²) in [6, 6.07) is 6.13. The van der Waals surface area contributed by atoms with Crippen molar-refractivity contribution in [2.75, 3.05) is 13.2 Å². The minimum absolute atomic E-state index is 0.153. The van der Waals surface area contributed by atoms with Gasteiger partial charge in [0, 0.05) is 12.5 Å². The van der Waals surface area contributed by atoms with Crippen LogP contribution in [0.5, 0.6) is 5.75 Å². The molecule has 1 aromatic rings. The third-order valence-corrected chi connectivity index (χ3v) is 3.62. The number of carbonyl (C=O) groups is 1. The minimum Gasteiger partial charge on any atom is -0.493 e. The Morgan fingerprint density at radius 1 is 1.45 bits per heavy atom. The monoisotopic (exact) mass is 277 g/mol. The molecule has 2 rings (SSSR count). The minimum atomic E-state index is -0.301. The van der Waals surface area contributed by atoms with Crippen LogP contribution < -0.4 is 10.1 Å². The fraction of sp³-hybridized carbons (Fsp3) is 0.562. The third kappa shape index (κ3) is 3.31. The highest BCUT2D eigenvalue weighted by Gasteiger charge is 2.20.